The molecule has 1 fully saturated rings. The number of rotatable bonds is 2. The van der Waals surface area contributed by atoms with E-state index in [0.29, 0.717) is 10.7 Å². The third kappa shape index (κ3) is 3.16. The Labute approximate surface area is 128 Å². The summed E-state index contributed by atoms with van der Waals surface area (Å²) in [5.74, 6) is 0. The van der Waals surface area contributed by atoms with E-state index in [-0.39, 0.29) is 12.1 Å². The van der Waals surface area contributed by atoms with Crippen LogP contribution >= 0.6 is 11.6 Å². The highest BCUT2D eigenvalue weighted by atomic mass is 35.5. The monoisotopic (exact) mass is 301 g/mol. The van der Waals surface area contributed by atoms with Crippen LogP contribution in [0.25, 0.3) is 0 Å². The Bertz CT molecular complexity index is 632. The van der Waals surface area contributed by atoms with Crippen molar-refractivity contribution in [1.29, 1.82) is 0 Å². The molecule has 1 saturated heterocycles. The van der Waals surface area contributed by atoms with Gasteiger partial charge in [0.05, 0.1) is 6.04 Å². The Morgan fingerprint density at radius 1 is 1.29 bits per heavy atom. The number of likely N-dealkylation sites (tertiary alicyclic amines) is 1. The third-order valence-corrected chi connectivity index (χ3v) is 3.92. The number of benzene rings is 1. The van der Waals surface area contributed by atoms with E-state index in [2.05, 4.69) is 10.3 Å². The van der Waals surface area contributed by atoms with E-state index in [0.717, 1.165) is 24.9 Å². The summed E-state index contributed by atoms with van der Waals surface area (Å²) in [6.07, 6.45) is 5.52. The SMILES string of the molecule is O=C(Nc1cccc(Cl)c1)N1CCCC1c1ccncc1. The average molecular weight is 302 g/mol. The first-order valence-corrected chi connectivity index (χ1v) is 7.35. The van der Waals surface area contributed by atoms with Crippen LogP contribution in [0.2, 0.25) is 5.02 Å². The lowest BCUT2D eigenvalue weighted by atomic mass is 10.1. The van der Waals surface area contributed by atoms with Crippen LogP contribution in [0.4, 0.5) is 10.5 Å². The molecule has 1 aliphatic rings. The Morgan fingerprint density at radius 2 is 2.10 bits per heavy atom. The molecule has 2 amide bonds. The molecule has 2 aromatic rings. The molecule has 1 aromatic heterocycles. The maximum Gasteiger partial charge on any atom is 0.322 e. The van der Waals surface area contributed by atoms with Crippen LogP contribution in [0, 0.1) is 0 Å². The van der Waals surface area contributed by atoms with Gasteiger partial charge in [0.2, 0.25) is 0 Å². The van der Waals surface area contributed by atoms with Gasteiger partial charge in [-0.15, -0.1) is 0 Å². The van der Waals surface area contributed by atoms with Crippen molar-refractivity contribution >= 4 is 23.3 Å². The summed E-state index contributed by atoms with van der Waals surface area (Å²) >= 11 is 5.94. The van der Waals surface area contributed by atoms with Crippen molar-refractivity contribution in [3.63, 3.8) is 0 Å². The molecule has 1 aliphatic heterocycles. The summed E-state index contributed by atoms with van der Waals surface area (Å²) in [6, 6.07) is 11.2. The van der Waals surface area contributed by atoms with E-state index in [1.807, 2.05) is 29.2 Å². The van der Waals surface area contributed by atoms with Gasteiger partial charge in [0, 0.05) is 29.6 Å². The minimum absolute atomic E-state index is 0.0865. The van der Waals surface area contributed by atoms with Crippen molar-refractivity contribution in [2.24, 2.45) is 0 Å². The van der Waals surface area contributed by atoms with Crippen molar-refractivity contribution in [3.05, 3.63) is 59.4 Å². The first kappa shape index (κ1) is 13.9. The van der Waals surface area contributed by atoms with E-state index in [4.69, 9.17) is 11.6 Å². The van der Waals surface area contributed by atoms with Gasteiger partial charge < -0.3 is 10.2 Å². The summed E-state index contributed by atoms with van der Waals surface area (Å²) in [5.41, 5.74) is 1.84. The first-order valence-electron chi connectivity index (χ1n) is 6.97. The van der Waals surface area contributed by atoms with Gasteiger partial charge in [-0.1, -0.05) is 17.7 Å². The highest BCUT2D eigenvalue weighted by molar-refractivity contribution is 6.30. The predicted molar refractivity (Wildman–Crippen MR) is 83.4 cm³/mol. The molecular weight excluding hydrogens is 286 g/mol. The standard InChI is InChI=1S/C16H16ClN3O/c17-13-3-1-4-14(11-13)19-16(21)20-10-2-5-15(20)12-6-8-18-9-7-12/h1,3-4,6-9,11,15H,2,5,10H2,(H,19,21). The number of urea groups is 1. The number of pyridine rings is 1. The zero-order chi connectivity index (χ0) is 14.7. The van der Waals surface area contributed by atoms with E-state index in [9.17, 15) is 4.79 Å². The van der Waals surface area contributed by atoms with Crippen LogP contribution in [-0.4, -0.2) is 22.5 Å². The van der Waals surface area contributed by atoms with Crippen molar-refractivity contribution in [2.75, 3.05) is 11.9 Å². The molecule has 1 unspecified atom stereocenters. The molecule has 21 heavy (non-hydrogen) atoms. The Morgan fingerprint density at radius 3 is 2.86 bits per heavy atom. The lowest BCUT2D eigenvalue weighted by Crippen LogP contribution is -2.34. The van der Waals surface area contributed by atoms with E-state index >= 15 is 0 Å². The van der Waals surface area contributed by atoms with Crippen LogP contribution in [0.15, 0.2) is 48.8 Å². The molecule has 1 atom stereocenters. The number of nitrogens with one attached hydrogen (secondary N) is 1. The second kappa shape index (κ2) is 6.14. The number of nitrogens with zero attached hydrogens (tertiary/aromatic N) is 2. The Balaban J connectivity index is 1.74. The summed E-state index contributed by atoms with van der Waals surface area (Å²) in [7, 11) is 0. The summed E-state index contributed by atoms with van der Waals surface area (Å²) in [6.45, 7) is 0.763. The van der Waals surface area contributed by atoms with Gasteiger partial charge >= 0.3 is 6.03 Å². The number of carbonyl (C=O) groups is 1. The third-order valence-electron chi connectivity index (χ3n) is 3.68. The molecular formula is C16H16ClN3O. The second-order valence-electron chi connectivity index (χ2n) is 5.07. The van der Waals surface area contributed by atoms with Gasteiger partial charge in [0.15, 0.2) is 0 Å². The zero-order valence-corrected chi connectivity index (χ0v) is 12.3. The minimum atomic E-state index is -0.0865. The van der Waals surface area contributed by atoms with Crippen molar-refractivity contribution in [3.8, 4) is 0 Å². The number of anilines is 1. The van der Waals surface area contributed by atoms with Crippen LogP contribution in [0.1, 0.15) is 24.4 Å². The van der Waals surface area contributed by atoms with Gasteiger partial charge in [-0.05, 0) is 48.7 Å². The molecule has 0 aliphatic carbocycles. The number of amides is 2. The van der Waals surface area contributed by atoms with E-state index in [1.165, 1.54) is 0 Å². The lowest BCUT2D eigenvalue weighted by Gasteiger charge is -2.25. The van der Waals surface area contributed by atoms with Crippen LogP contribution in [0.5, 0.6) is 0 Å². The maximum atomic E-state index is 12.5. The number of carbonyl (C=O) groups excluding carboxylic acids is 1. The van der Waals surface area contributed by atoms with Gasteiger partial charge in [0.1, 0.15) is 0 Å². The number of hydrogen-bond acceptors (Lipinski definition) is 2. The molecule has 0 bridgehead atoms. The summed E-state index contributed by atoms with van der Waals surface area (Å²) in [4.78, 5) is 18.4. The molecule has 108 valence electrons. The van der Waals surface area contributed by atoms with Gasteiger partial charge in [0.25, 0.3) is 0 Å². The summed E-state index contributed by atoms with van der Waals surface area (Å²) in [5, 5.41) is 3.52. The van der Waals surface area contributed by atoms with Crippen LogP contribution in [0.3, 0.4) is 0 Å². The van der Waals surface area contributed by atoms with Crippen molar-refractivity contribution in [2.45, 2.75) is 18.9 Å². The van der Waals surface area contributed by atoms with Crippen LogP contribution < -0.4 is 5.32 Å². The molecule has 0 spiro atoms. The number of halogens is 1. The fourth-order valence-electron chi connectivity index (χ4n) is 2.70. The fourth-order valence-corrected chi connectivity index (χ4v) is 2.89. The molecule has 4 nitrogen and oxygen atoms in total. The van der Waals surface area contributed by atoms with E-state index in [1.54, 1.807) is 24.5 Å². The number of hydrogen-bond donors (Lipinski definition) is 1. The highest BCUT2D eigenvalue weighted by Gasteiger charge is 2.29. The largest absolute Gasteiger partial charge is 0.322 e. The normalized spacial score (nSPS) is 17.8. The first-order chi connectivity index (χ1) is 10.2. The van der Waals surface area contributed by atoms with Crippen molar-refractivity contribution in [1.82, 2.24) is 9.88 Å². The highest BCUT2D eigenvalue weighted by Crippen LogP contribution is 2.32. The molecule has 2 heterocycles. The van der Waals surface area contributed by atoms with Gasteiger partial charge in [-0.3, -0.25) is 4.98 Å². The Kier molecular flexibility index (Phi) is 4.06. The van der Waals surface area contributed by atoms with Crippen molar-refractivity contribution < 1.29 is 4.79 Å². The molecule has 0 radical (unpaired) electrons. The quantitative estimate of drug-likeness (QED) is 0.907. The fraction of sp³-hybridized carbons (Fsp3) is 0.250. The van der Waals surface area contributed by atoms with Gasteiger partial charge in [-0.2, -0.15) is 0 Å². The molecule has 5 heteroatoms. The average Bonchev–Trinajstić information content (AvgIpc) is 2.98. The summed E-state index contributed by atoms with van der Waals surface area (Å²) < 4.78 is 0. The van der Waals surface area contributed by atoms with Gasteiger partial charge in [-0.25, -0.2) is 4.79 Å². The second-order valence-corrected chi connectivity index (χ2v) is 5.51. The number of aromatic nitrogens is 1. The maximum absolute atomic E-state index is 12.5. The molecule has 3 rings (SSSR count). The lowest BCUT2D eigenvalue weighted by molar-refractivity contribution is 0.207. The molecule has 1 aromatic carbocycles. The molecule has 1 N–H and O–H groups in total. The smallest absolute Gasteiger partial charge is 0.317 e. The predicted octanol–water partition coefficient (Wildman–Crippen LogP) is 4.10. The van der Waals surface area contributed by atoms with Crippen LogP contribution in [-0.2, 0) is 0 Å². The minimum Gasteiger partial charge on any atom is -0.317 e. The topological polar surface area (TPSA) is 45.2 Å². The molecule has 0 saturated carbocycles. The van der Waals surface area contributed by atoms with E-state index < -0.39 is 0 Å². The Hall–Kier alpha value is -2.07. The zero-order valence-electron chi connectivity index (χ0n) is 11.5.